The first-order valence-corrected chi connectivity index (χ1v) is 6.05. The van der Waals surface area contributed by atoms with E-state index in [4.69, 9.17) is 21.4 Å². The Hall–Kier alpha value is -1.42. The molecule has 0 saturated carbocycles. The van der Waals surface area contributed by atoms with Crippen LogP contribution in [-0.2, 0) is 11.2 Å². The highest BCUT2D eigenvalue weighted by molar-refractivity contribution is 6.17. The van der Waals surface area contributed by atoms with Gasteiger partial charge in [-0.25, -0.2) is 4.79 Å². The lowest BCUT2D eigenvalue weighted by Crippen LogP contribution is -2.26. The molecule has 1 aromatic carbocycles. The van der Waals surface area contributed by atoms with E-state index in [9.17, 15) is 4.79 Å². The zero-order chi connectivity index (χ0) is 12.3. The van der Waals surface area contributed by atoms with Gasteiger partial charge in [-0.15, -0.1) is 11.6 Å². The topological polar surface area (TPSA) is 58.6 Å². The number of anilines is 1. The first-order chi connectivity index (χ1) is 8.20. The van der Waals surface area contributed by atoms with Crippen LogP contribution in [0.1, 0.15) is 12.0 Å². The number of carboxylic acids is 1. The summed E-state index contributed by atoms with van der Waals surface area (Å²) < 4.78 is 5.51. The van der Waals surface area contributed by atoms with Crippen LogP contribution in [0, 0.1) is 0 Å². The van der Waals surface area contributed by atoms with Gasteiger partial charge in [-0.05, 0) is 30.2 Å². The summed E-state index contributed by atoms with van der Waals surface area (Å²) in [4.78, 5) is 10.9. The van der Waals surface area contributed by atoms with Gasteiger partial charge in [-0.1, -0.05) is 0 Å². The minimum absolute atomic E-state index is 0.497. The summed E-state index contributed by atoms with van der Waals surface area (Å²) in [7, 11) is 0. The fourth-order valence-corrected chi connectivity index (χ4v) is 1.93. The number of aliphatic carboxylic acids is 1. The highest BCUT2D eigenvalue weighted by Gasteiger charge is 2.26. The van der Waals surface area contributed by atoms with Crippen molar-refractivity contribution in [2.75, 3.05) is 17.8 Å². The van der Waals surface area contributed by atoms with Crippen LogP contribution in [0.15, 0.2) is 18.2 Å². The van der Waals surface area contributed by atoms with Crippen LogP contribution in [0.25, 0.3) is 0 Å². The molecule has 0 spiro atoms. The molecule has 0 amide bonds. The molecule has 1 atom stereocenters. The van der Waals surface area contributed by atoms with E-state index < -0.39 is 12.0 Å². The number of alkyl halides is 1. The number of rotatable bonds is 5. The van der Waals surface area contributed by atoms with Gasteiger partial charge in [-0.2, -0.15) is 0 Å². The minimum Gasteiger partial charge on any atom is -0.494 e. The van der Waals surface area contributed by atoms with E-state index >= 15 is 0 Å². The number of benzene rings is 1. The van der Waals surface area contributed by atoms with Crippen molar-refractivity contribution < 1.29 is 14.6 Å². The highest BCUT2D eigenvalue weighted by Crippen LogP contribution is 2.29. The van der Waals surface area contributed by atoms with E-state index in [1.165, 1.54) is 0 Å². The smallest absolute Gasteiger partial charge is 0.326 e. The second kappa shape index (κ2) is 5.27. The van der Waals surface area contributed by atoms with E-state index in [0.29, 0.717) is 18.9 Å². The molecule has 17 heavy (non-hydrogen) atoms. The number of carboxylic acid groups (broad SMARTS) is 1. The van der Waals surface area contributed by atoms with Gasteiger partial charge in [-0.3, -0.25) is 0 Å². The second-order valence-corrected chi connectivity index (χ2v) is 4.33. The highest BCUT2D eigenvalue weighted by atomic mass is 35.5. The average molecular weight is 256 g/mol. The predicted molar refractivity (Wildman–Crippen MR) is 66.0 cm³/mol. The predicted octanol–water partition coefficient (Wildman–Crippen LogP) is 2.12. The van der Waals surface area contributed by atoms with Gasteiger partial charge in [0.25, 0.3) is 0 Å². The largest absolute Gasteiger partial charge is 0.494 e. The third-order valence-corrected chi connectivity index (χ3v) is 2.94. The van der Waals surface area contributed by atoms with Crippen molar-refractivity contribution in [1.29, 1.82) is 0 Å². The zero-order valence-corrected chi connectivity index (χ0v) is 10.0. The van der Waals surface area contributed by atoms with Crippen LogP contribution in [0.3, 0.4) is 0 Å². The Kier molecular flexibility index (Phi) is 3.74. The Balaban J connectivity index is 2.02. The molecule has 0 fully saturated rings. The molecular formula is C12H14ClNO3. The zero-order valence-electron chi connectivity index (χ0n) is 9.28. The van der Waals surface area contributed by atoms with E-state index in [1.807, 2.05) is 18.2 Å². The number of fused-ring (bicyclic) bond motifs is 1. The normalized spacial score (nSPS) is 17.4. The van der Waals surface area contributed by atoms with Crippen molar-refractivity contribution in [2.45, 2.75) is 18.9 Å². The van der Waals surface area contributed by atoms with Crippen LogP contribution in [-0.4, -0.2) is 29.6 Å². The number of hydrogen-bond donors (Lipinski definition) is 2. The molecule has 1 heterocycles. The molecule has 0 aromatic heterocycles. The Morgan fingerprint density at radius 3 is 3.12 bits per heavy atom. The van der Waals surface area contributed by atoms with Gasteiger partial charge in [0.15, 0.2) is 0 Å². The monoisotopic (exact) mass is 255 g/mol. The second-order valence-electron chi connectivity index (χ2n) is 3.95. The van der Waals surface area contributed by atoms with Gasteiger partial charge in [0, 0.05) is 18.0 Å². The van der Waals surface area contributed by atoms with Gasteiger partial charge < -0.3 is 15.2 Å². The standard InChI is InChI=1S/C12H14ClNO3/c13-4-1-5-17-9-2-3-10-8(6-9)7-11(14-10)12(15)16/h2-3,6,11,14H,1,4-5,7H2,(H,15,16). The SMILES string of the molecule is O=C(O)C1Cc2cc(OCCCCl)ccc2N1. The van der Waals surface area contributed by atoms with Crippen LogP contribution in [0.4, 0.5) is 5.69 Å². The van der Waals surface area contributed by atoms with Gasteiger partial charge in [0.2, 0.25) is 0 Å². The molecule has 5 heteroatoms. The summed E-state index contributed by atoms with van der Waals surface area (Å²) in [5, 5.41) is 11.9. The maximum Gasteiger partial charge on any atom is 0.326 e. The number of hydrogen-bond acceptors (Lipinski definition) is 3. The van der Waals surface area contributed by atoms with Gasteiger partial charge >= 0.3 is 5.97 Å². The third-order valence-electron chi connectivity index (χ3n) is 2.68. The lowest BCUT2D eigenvalue weighted by atomic mass is 10.1. The first kappa shape index (κ1) is 12.0. The van der Waals surface area contributed by atoms with E-state index in [2.05, 4.69) is 5.32 Å². The molecule has 92 valence electrons. The number of carbonyl (C=O) groups is 1. The van der Waals surface area contributed by atoms with Crippen molar-refractivity contribution in [3.05, 3.63) is 23.8 Å². The summed E-state index contributed by atoms with van der Waals surface area (Å²) in [6.07, 6.45) is 1.30. The molecule has 1 aliphatic rings. The quantitative estimate of drug-likeness (QED) is 0.625. The fourth-order valence-electron chi connectivity index (χ4n) is 1.82. The third kappa shape index (κ3) is 2.82. The summed E-state index contributed by atoms with van der Waals surface area (Å²) in [6.45, 7) is 0.581. The van der Waals surface area contributed by atoms with Crippen LogP contribution < -0.4 is 10.1 Å². The van der Waals surface area contributed by atoms with Gasteiger partial charge in [0.1, 0.15) is 11.8 Å². The van der Waals surface area contributed by atoms with E-state index in [0.717, 1.165) is 23.4 Å². The van der Waals surface area contributed by atoms with Crippen LogP contribution in [0.2, 0.25) is 0 Å². The van der Waals surface area contributed by atoms with Crippen molar-refractivity contribution >= 4 is 23.3 Å². The Labute approximate surface area is 105 Å². The summed E-state index contributed by atoms with van der Waals surface area (Å²) >= 11 is 5.56. The minimum atomic E-state index is -0.828. The van der Waals surface area contributed by atoms with Crippen LogP contribution >= 0.6 is 11.6 Å². The maximum absolute atomic E-state index is 10.9. The molecule has 0 saturated heterocycles. The van der Waals surface area contributed by atoms with E-state index in [-0.39, 0.29) is 0 Å². The molecule has 1 unspecified atom stereocenters. The molecule has 1 aromatic rings. The van der Waals surface area contributed by atoms with Crippen molar-refractivity contribution in [1.82, 2.24) is 0 Å². The summed E-state index contributed by atoms with van der Waals surface area (Å²) in [5.41, 5.74) is 1.86. The van der Waals surface area contributed by atoms with Gasteiger partial charge in [0.05, 0.1) is 6.61 Å². The van der Waals surface area contributed by atoms with E-state index in [1.54, 1.807) is 0 Å². The molecule has 1 aliphatic heterocycles. The lowest BCUT2D eigenvalue weighted by molar-refractivity contribution is -0.137. The average Bonchev–Trinajstić information content (AvgIpc) is 2.72. The van der Waals surface area contributed by atoms with Crippen molar-refractivity contribution in [2.24, 2.45) is 0 Å². The Morgan fingerprint density at radius 1 is 1.59 bits per heavy atom. The molecule has 0 bridgehead atoms. The summed E-state index contributed by atoms with van der Waals surface area (Å²) in [5.74, 6) is 0.514. The van der Waals surface area contributed by atoms with Crippen LogP contribution in [0.5, 0.6) is 5.75 Å². The number of halogens is 1. The Bertz CT molecular complexity index is 422. The fraction of sp³-hybridized carbons (Fsp3) is 0.417. The maximum atomic E-state index is 10.9. The molecule has 4 nitrogen and oxygen atoms in total. The lowest BCUT2D eigenvalue weighted by Gasteiger charge is -2.06. The Morgan fingerprint density at radius 2 is 2.41 bits per heavy atom. The first-order valence-electron chi connectivity index (χ1n) is 5.51. The molecule has 2 N–H and O–H groups in total. The number of nitrogens with one attached hydrogen (secondary N) is 1. The molecular weight excluding hydrogens is 242 g/mol. The van der Waals surface area contributed by atoms with Crippen molar-refractivity contribution in [3.63, 3.8) is 0 Å². The molecule has 2 rings (SSSR count). The number of ether oxygens (including phenoxy) is 1. The molecule has 0 radical (unpaired) electrons. The summed E-state index contributed by atoms with van der Waals surface area (Å²) in [6, 6.07) is 5.06. The molecule has 0 aliphatic carbocycles. The van der Waals surface area contributed by atoms with Crippen molar-refractivity contribution in [3.8, 4) is 5.75 Å².